The second-order valence-electron chi connectivity index (χ2n) is 10.9. The minimum Gasteiger partial charge on any atom is -0.457 e. The van der Waals surface area contributed by atoms with E-state index in [0.717, 1.165) is 19.3 Å². The Morgan fingerprint density at radius 2 is 1.26 bits per heavy atom. The predicted octanol–water partition coefficient (Wildman–Crippen LogP) is -0.894. The van der Waals surface area contributed by atoms with Gasteiger partial charge >= 0.3 is 5.97 Å². The molecule has 2 aliphatic rings. The lowest BCUT2D eigenvalue weighted by Gasteiger charge is -2.42. The van der Waals surface area contributed by atoms with Crippen molar-refractivity contribution < 1.29 is 69.0 Å². The number of ether oxygens (including phenoxy) is 6. The van der Waals surface area contributed by atoms with Gasteiger partial charge in [0.2, 0.25) is 0 Å². The van der Waals surface area contributed by atoms with E-state index in [2.05, 4.69) is 6.92 Å². The van der Waals surface area contributed by atoms with E-state index < -0.39 is 86.7 Å². The summed E-state index contributed by atoms with van der Waals surface area (Å²) in [6.07, 6.45) is -7.39. The summed E-state index contributed by atoms with van der Waals surface area (Å²) in [5.41, 5.74) is 0. The summed E-state index contributed by atoms with van der Waals surface area (Å²) in [6.45, 7) is 3.20. The summed E-state index contributed by atoms with van der Waals surface area (Å²) in [5.74, 6) is -0.433. The molecule has 14 nitrogen and oxygen atoms in total. The van der Waals surface area contributed by atoms with Crippen molar-refractivity contribution in [1.29, 1.82) is 0 Å². The zero-order valence-electron chi connectivity index (χ0n) is 24.7. The van der Waals surface area contributed by atoms with Crippen LogP contribution < -0.4 is 0 Å². The van der Waals surface area contributed by atoms with Crippen LogP contribution in [0.3, 0.4) is 0 Å². The average Bonchev–Trinajstić information content (AvgIpc) is 2.97. The van der Waals surface area contributed by atoms with E-state index in [0.29, 0.717) is 13.0 Å². The molecule has 2 aliphatic heterocycles. The van der Waals surface area contributed by atoms with Gasteiger partial charge in [-0.25, -0.2) is 0 Å². The van der Waals surface area contributed by atoms with Crippen molar-refractivity contribution in [3.05, 3.63) is 0 Å². The zero-order chi connectivity index (χ0) is 31.1. The molecule has 11 atom stereocenters. The van der Waals surface area contributed by atoms with Crippen molar-refractivity contribution in [2.24, 2.45) is 0 Å². The third-order valence-electron chi connectivity index (χ3n) is 7.34. The van der Waals surface area contributed by atoms with Gasteiger partial charge in [-0.1, -0.05) is 52.4 Å². The van der Waals surface area contributed by atoms with Crippen LogP contribution in [0.25, 0.3) is 0 Å². The van der Waals surface area contributed by atoms with Crippen LogP contribution in [-0.4, -0.2) is 142 Å². The van der Waals surface area contributed by atoms with E-state index in [-0.39, 0.29) is 19.6 Å². The fourth-order valence-electron chi connectivity index (χ4n) is 4.73. The molecule has 0 radical (unpaired) electrons. The third kappa shape index (κ3) is 11.8. The highest BCUT2D eigenvalue weighted by molar-refractivity contribution is 5.69. The molecule has 0 aromatic heterocycles. The lowest BCUT2D eigenvalue weighted by atomic mass is 9.98. The van der Waals surface area contributed by atoms with Gasteiger partial charge in [-0.2, -0.15) is 0 Å². The molecule has 11 unspecified atom stereocenters. The molecule has 2 heterocycles. The first-order valence-electron chi connectivity index (χ1n) is 15.1. The van der Waals surface area contributed by atoms with Gasteiger partial charge in [0.25, 0.3) is 0 Å². The van der Waals surface area contributed by atoms with E-state index in [1.165, 1.54) is 25.7 Å². The Labute approximate surface area is 247 Å². The fourth-order valence-corrected chi connectivity index (χ4v) is 4.73. The van der Waals surface area contributed by atoms with E-state index >= 15 is 0 Å². The Balaban J connectivity index is 1.88. The molecule has 2 fully saturated rings. The number of carbonyl (C=O) groups excluding carboxylic acids is 1. The van der Waals surface area contributed by atoms with Crippen molar-refractivity contribution in [2.75, 3.05) is 33.0 Å². The van der Waals surface area contributed by atoms with Crippen molar-refractivity contribution in [3.8, 4) is 0 Å². The minimum absolute atomic E-state index is 0.0585. The van der Waals surface area contributed by atoms with Gasteiger partial charge in [0.15, 0.2) is 12.6 Å². The summed E-state index contributed by atoms with van der Waals surface area (Å²) in [5, 5.41) is 70.6. The van der Waals surface area contributed by atoms with Gasteiger partial charge < -0.3 is 64.2 Å². The lowest BCUT2D eigenvalue weighted by Crippen LogP contribution is -2.61. The SMILES string of the molecule is CCCCCCCCCOCC(COC1OC(COC2OC(CO)C(O)C(O)C2O)C(O)C(O)C1O)OC(=O)CCC. The summed E-state index contributed by atoms with van der Waals surface area (Å²) < 4.78 is 33.2. The van der Waals surface area contributed by atoms with Crippen LogP contribution in [-0.2, 0) is 33.2 Å². The normalized spacial score (nSPS) is 34.3. The van der Waals surface area contributed by atoms with Crippen LogP contribution in [0.2, 0.25) is 0 Å². The first-order chi connectivity index (χ1) is 20.1. The van der Waals surface area contributed by atoms with Crippen molar-refractivity contribution in [2.45, 2.75) is 139 Å². The Morgan fingerprint density at radius 3 is 1.88 bits per heavy atom. The van der Waals surface area contributed by atoms with E-state index in [4.69, 9.17) is 28.4 Å². The Hall–Kier alpha value is -1.01. The molecule has 0 aromatic rings. The largest absolute Gasteiger partial charge is 0.457 e. The van der Waals surface area contributed by atoms with Crippen LogP contribution in [0.4, 0.5) is 0 Å². The first kappa shape index (κ1) is 37.2. The highest BCUT2D eigenvalue weighted by Gasteiger charge is 2.47. The fraction of sp³-hybridized carbons (Fsp3) is 0.964. The molecule has 7 N–H and O–H groups in total. The zero-order valence-corrected chi connectivity index (χ0v) is 24.7. The summed E-state index contributed by atoms with van der Waals surface area (Å²) in [6, 6.07) is 0. The molecule has 14 heteroatoms. The second-order valence-corrected chi connectivity index (χ2v) is 10.9. The first-order valence-corrected chi connectivity index (χ1v) is 15.1. The number of rotatable bonds is 20. The average molecular weight is 613 g/mol. The standard InChI is InChI=1S/C28H52O14/c1-3-5-6-7-8-9-10-12-37-14-17(40-20(30)11-4-2)15-38-27-26(36)24(34)22(32)19(42-27)16-39-28-25(35)23(33)21(31)18(13-29)41-28/h17-19,21-29,31-36H,3-16H2,1-2H3. The summed E-state index contributed by atoms with van der Waals surface area (Å²) in [4.78, 5) is 12.1. The molecular weight excluding hydrogens is 560 g/mol. The Bertz CT molecular complexity index is 727. The van der Waals surface area contributed by atoms with Crippen LogP contribution in [0.15, 0.2) is 0 Å². The maximum Gasteiger partial charge on any atom is 0.306 e. The molecule has 0 spiro atoms. The lowest BCUT2D eigenvalue weighted by molar-refractivity contribution is -0.332. The van der Waals surface area contributed by atoms with Crippen molar-refractivity contribution in [3.63, 3.8) is 0 Å². The number of esters is 1. The van der Waals surface area contributed by atoms with Gasteiger partial charge in [-0.3, -0.25) is 4.79 Å². The van der Waals surface area contributed by atoms with Crippen molar-refractivity contribution in [1.82, 2.24) is 0 Å². The van der Waals surface area contributed by atoms with Crippen LogP contribution in [0.1, 0.15) is 71.6 Å². The molecule has 0 aromatic carbocycles. The van der Waals surface area contributed by atoms with Crippen LogP contribution in [0, 0.1) is 0 Å². The molecule has 248 valence electrons. The summed E-state index contributed by atoms with van der Waals surface area (Å²) in [7, 11) is 0. The highest BCUT2D eigenvalue weighted by Crippen LogP contribution is 2.26. The van der Waals surface area contributed by atoms with E-state index in [1.54, 1.807) is 0 Å². The molecule has 0 aliphatic carbocycles. The predicted molar refractivity (Wildman–Crippen MR) is 146 cm³/mol. The maximum absolute atomic E-state index is 12.1. The molecule has 0 amide bonds. The van der Waals surface area contributed by atoms with Gasteiger partial charge in [-0.05, 0) is 12.8 Å². The number of carbonyl (C=O) groups is 1. The minimum atomic E-state index is -1.69. The number of aliphatic hydroxyl groups is 7. The van der Waals surface area contributed by atoms with E-state index in [9.17, 15) is 40.5 Å². The Kier molecular flexibility index (Phi) is 17.8. The summed E-state index contributed by atoms with van der Waals surface area (Å²) >= 11 is 0. The monoisotopic (exact) mass is 612 g/mol. The van der Waals surface area contributed by atoms with Crippen LogP contribution in [0.5, 0.6) is 0 Å². The third-order valence-corrected chi connectivity index (χ3v) is 7.34. The Morgan fingerprint density at radius 1 is 0.690 bits per heavy atom. The molecule has 2 rings (SSSR count). The quantitative estimate of drug-likeness (QED) is 0.0656. The maximum atomic E-state index is 12.1. The van der Waals surface area contributed by atoms with Crippen molar-refractivity contribution >= 4 is 5.97 Å². The smallest absolute Gasteiger partial charge is 0.306 e. The second kappa shape index (κ2) is 20.1. The number of hydrogen-bond donors (Lipinski definition) is 7. The molecule has 0 bridgehead atoms. The molecule has 42 heavy (non-hydrogen) atoms. The molecular formula is C28H52O14. The van der Waals surface area contributed by atoms with Gasteiger partial charge in [-0.15, -0.1) is 0 Å². The van der Waals surface area contributed by atoms with Gasteiger partial charge in [0.1, 0.15) is 54.9 Å². The number of aliphatic hydroxyl groups excluding tert-OH is 7. The van der Waals surface area contributed by atoms with Gasteiger partial charge in [0.05, 0.1) is 26.4 Å². The molecule has 2 saturated heterocycles. The number of unbranched alkanes of at least 4 members (excludes halogenated alkanes) is 6. The topological polar surface area (TPSA) is 214 Å². The van der Waals surface area contributed by atoms with E-state index in [1.807, 2.05) is 6.92 Å². The number of hydrogen-bond acceptors (Lipinski definition) is 14. The molecule has 0 saturated carbocycles. The van der Waals surface area contributed by atoms with Crippen LogP contribution >= 0.6 is 0 Å². The van der Waals surface area contributed by atoms with Gasteiger partial charge in [0, 0.05) is 13.0 Å². The highest BCUT2D eigenvalue weighted by atomic mass is 16.7.